The van der Waals surface area contributed by atoms with E-state index in [0.717, 1.165) is 0 Å². The lowest BCUT2D eigenvalue weighted by atomic mass is 10.00. The third kappa shape index (κ3) is 5.94. The highest BCUT2D eigenvalue weighted by atomic mass is 16.5. The van der Waals surface area contributed by atoms with Gasteiger partial charge in [-0.05, 0) is 26.8 Å². The Hall–Kier alpha value is -2.63. The van der Waals surface area contributed by atoms with Crippen LogP contribution in [-0.2, 0) is 4.79 Å². The molecule has 1 aromatic rings. The Balaban J connectivity index is 2.51. The van der Waals surface area contributed by atoms with Crippen LogP contribution in [0.1, 0.15) is 50.5 Å². The molecule has 164 valence electrons. The molecule has 2 N–H and O–H groups in total. The third-order valence-corrected chi connectivity index (χ3v) is 5.03. The molecule has 0 aromatic carbocycles. The largest absolute Gasteiger partial charge is 0.472 e. The zero-order valence-electron chi connectivity index (χ0n) is 18.5. The van der Waals surface area contributed by atoms with Crippen LogP contribution < -0.4 is 4.74 Å². The van der Waals surface area contributed by atoms with Gasteiger partial charge in [0, 0.05) is 38.2 Å². The Bertz CT molecular complexity index is 853. The van der Waals surface area contributed by atoms with Gasteiger partial charge in [-0.25, -0.2) is 4.98 Å². The summed E-state index contributed by atoms with van der Waals surface area (Å²) in [5, 5.41) is 19.5. The van der Waals surface area contributed by atoms with Crippen LogP contribution in [0.5, 0.6) is 5.88 Å². The number of pyridine rings is 1. The molecule has 0 bridgehead atoms. The fourth-order valence-corrected chi connectivity index (χ4v) is 3.01. The molecule has 0 fully saturated rings. The summed E-state index contributed by atoms with van der Waals surface area (Å²) in [5.41, 5.74) is -0.476. The summed E-state index contributed by atoms with van der Waals surface area (Å²) < 4.78 is 6.09. The molecule has 0 spiro atoms. The number of likely N-dealkylation sites (N-methyl/N-ethyl adjacent to an activating group) is 1. The first-order valence-corrected chi connectivity index (χ1v) is 9.98. The first-order chi connectivity index (χ1) is 13.9. The normalized spacial score (nSPS) is 20.1. The minimum atomic E-state index is -1.18. The molecule has 30 heavy (non-hydrogen) atoms. The molecule has 0 radical (unpaired) electrons. The van der Waals surface area contributed by atoms with Gasteiger partial charge in [-0.1, -0.05) is 18.8 Å². The molecule has 2 amide bonds. The predicted molar refractivity (Wildman–Crippen MR) is 112 cm³/mol. The highest BCUT2D eigenvalue weighted by molar-refractivity contribution is 5.97. The van der Waals surface area contributed by atoms with Crippen molar-refractivity contribution in [1.29, 1.82) is 0 Å². The van der Waals surface area contributed by atoms with Gasteiger partial charge in [0.15, 0.2) is 0 Å². The number of aliphatic hydroxyl groups is 2. The summed E-state index contributed by atoms with van der Waals surface area (Å²) in [4.78, 5) is 32.4. The van der Waals surface area contributed by atoms with Gasteiger partial charge in [0.2, 0.25) is 11.8 Å². The molecule has 2 heterocycles. The molecule has 0 aliphatic carbocycles. The van der Waals surface area contributed by atoms with Crippen LogP contribution in [-0.4, -0.2) is 81.3 Å². The fourth-order valence-electron chi connectivity index (χ4n) is 3.01. The van der Waals surface area contributed by atoms with Crippen molar-refractivity contribution in [3.8, 4) is 17.7 Å². The Labute approximate surface area is 177 Å². The number of aromatic nitrogens is 1. The van der Waals surface area contributed by atoms with Gasteiger partial charge in [-0.2, -0.15) is 0 Å². The van der Waals surface area contributed by atoms with Crippen LogP contribution in [0.2, 0.25) is 0 Å². The number of amides is 2. The lowest BCUT2D eigenvalue weighted by Gasteiger charge is -2.37. The average Bonchev–Trinajstić information content (AvgIpc) is 2.67. The van der Waals surface area contributed by atoms with E-state index in [1.807, 2.05) is 6.92 Å². The standard InChI is InChI=1S/C22H31N3O5/c1-14-11-25(15(2)13-26)21(28)18-9-17(7-8-22(4,5)29)10-23-20(18)30-19(14)12-24(6)16(3)27/h9-10,14-15,19,26,29H,11-13H2,1-6H3/t14-,15-,19+/m1/s1. The van der Waals surface area contributed by atoms with Gasteiger partial charge >= 0.3 is 0 Å². The Morgan fingerprint density at radius 2 is 2.17 bits per heavy atom. The topological polar surface area (TPSA) is 103 Å². The molecule has 0 saturated heterocycles. The zero-order valence-corrected chi connectivity index (χ0v) is 18.5. The number of carbonyl (C=O) groups is 2. The Morgan fingerprint density at radius 3 is 2.73 bits per heavy atom. The fraction of sp³-hybridized carbons (Fsp3) is 0.591. The van der Waals surface area contributed by atoms with E-state index in [1.54, 1.807) is 43.7 Å². The summed E-state index contributed by atoms with van der Waals surface area (Å²) in [6.45, 7) is 8.85. The molecule has 8 nitrogen and oxygen atoms in total. The van der Waals surface area contributed by atoms with Gasteiger partial charge in [0.25, 0.3) is 5.91 Å². The SMILES string of the molecule is CC(=O)N(C)C[C@@H]1Oc2ncc(C#CC(C)(C)O)cc2C(=O)N([C@H](C)CO)C[C@H]1C. The van der Waals surface area contributed by atoms with Crippen LogP contribution in [0.4, 0.5) is 0 Å². The van der Waals surface area contributed by atoms with Gasteiger partial charge in [-0.3, -0.25) is 9.59 Å². The number of nitrogens with zero attached hydrogens (tertiary/aromatic N) is 3. The molecular weight excluding hydrogens is 386 g/mol. The van der Waals surface area contributed by atoms with Crippen LogP contribution in [0, 0.1) is 17.8 Å². The van der Waals surface area contributed by atoms with E-state index in [1.165, 1.54) is 13.1 Å². The zero-order chi connectivity index (χ0) is 22.6. The van der Waals surface area contributed by atoms with Crippen molar-refractivity contribution >= 4 is 11.8 Å². The smallest absolute Gasteiger partial charge is 0.259 e. The number of rotatable bonds is 4. The molecular formula is C22H31N3O5. The Morgan fingerprint density at radius 1 is 1.50 bits per heavy atom. The number of fused-ring (bicyclic) bond motifs is 1. The van der Waals surface area contributed by atoms with E-state index >= 15 is 0 Å². The van der Waals surface area contributed by atoms with Crippen molar-refractivity contribution in [2.75, 3.05) is 26.7 Å². The predicted octanol–water partition coefficient (Wildman–Crippen LogP) is 0.902. The minimum absolute atomic E-state index is 0.0880. The number of hydrogen-bond acceptors (Lipinski definition) is 6. The van der Waals surface area contributed by atoms with E-state index in [-0.39, 0.29) is 41.9 Å². The molecule has 1 aliphatic rings. The first-order valence-electron chi connectivity index (χ1n) is 9.98. The number of ether oxygens (including phenoxy) is 1. The van der Waals surface area contributed by atoms with Crippen LogP contribution in [0.25, 0.3) is 0 Å². The maximum Gasteiger partial charge on any atom is 0.259 e. The first kappa shape index (κ1) is 23.6. The van der Waals surface area contributed by atoms with Crippen molar-refractivity contribution in [3.63, 3.8) is 0 Å². The highest BCUT2D eigenvalue weighted by Crippen LogP contribution is 2.27. The highest BCUT2D eigenvalue weighted by Gasteiger charge is 2.34. The van der Waals surface area contributed by atoms with E-state index in [2.05, 4.69) is 16.8 Å². The van der Waals surface area contributed by atoms with Crippen LogP contribution >= 0.6 is 0 Å². The van der Waals surface area contributed by atoms with E-state index < -0.39 is 11.6 Å². The van der Waals surface area contributed by atoms with Gasteiger partial charge in [0.05, 0.1) is 19.2 Å². The molecule has 0 saturated carbocycles. The van der Waals surface area contributed by atoms with E-state index in [9.17, 15) is 19.8 Å². The van der Waals surface area contributed by atoms with Crippen LogP contribution in [0.15, 0.2) is 12.3 Å². The minimum Gasteiger partial charge on any atom is -0.472 e. The lowest BCUT2D eigenvalue weighted by Crippen LogP contribution is -2.50. The molecule has 2 rings (SSSR count). The number of carbonyl (C=O) groups excluding carboxylic acids is 2. The summed E-state index contributed by atoms with van der Waals surface area (Å²) >= 11 is 0. The van der Waals surface area contributed by atoms with Gasteiger partial charge in [-0.15, -0.1) is 0 Å². The summed E-state index contributed by atoms with van der Waals surface area (Å²) in [6, 6.07) is 1.19. The number of hydrogen-bond donors (Lipinski definition) is 2. The van der Waals surface area contributed by atoms with Crippen molar-refractivity contribution in [1.82, 2.24) is 14.8 Å². The number of aliphatic hydroxyl groups excluding tert-OH is 1. The quantitative estimate of drug-likeness (QED) is 0.706. The maximum atomic E-state index is 13.3. The van der Waals surface area contributed by atoms with E-state index in [0.29, 0.717) is 18.7 Å². The van der Waals surface area contributed by atoms with Crippen molar-refractivity contribution in [3.05, 3.63) is 23.4 Å². The summed E-state index contributed by atoms with van der Waals surface area (Å²) in [5.74, 6) is 5.19. The second-order valence-electron chi connectivity index (χ2n) is 8.41. The average molecular weight is 418 g/mol. The van der Waals surface area contributed by atoms with Crippen molar-refractivity contribution < 1.29 is 24.5 Å². The van der Waals surface area contributed by atoms with Gasteiger partial charge in [0.1, 0.15) is 17.3 Å². The van der Waals surface area contributed by atoms with Crippen molar-refractivity contribution in [2.24, 2.45) is 5.92 Å². The molecule has 0 unspecified atom stereocenters. The Kier molecular flexibility index (Phi) is 7.45. The van der Waals surface area contributed by atoms with E-state index in [4.69, 9.17) is 4.74 Å². The molecule has 1 aliphatic heterocycles. The van der Waals surface area contributed by atoms with Crippen molar-refractivity contribution in [2.45, 2.75) is 52.4 Å². The maximum absolute atomic E-state index is 13.3. The molecule has 3 atom stereocenters. The monoisotopic (exact) mass is 417 g/mol. The third-order valence-electron chi connectivity index (χ3n) is 5.03. The molecule has 1 aromatic heterocycles. The molecule has 8 heteroatoms. The summed E-state index contributed by atoms with van der Waals surface area (Å²) in [7, 11) is 1.69. The van der Waals surface area contributed by atoms with Gasteiger partial charge < -0.3 is 24.7 Å². The lowest BCUT2D eigenvalue weighted by molar-refractivity contribution is -0.129. The summed E-state index contributed by atoms with van der Waals surface area (Å²) in [6.07, 6.45) is 1.10. The van der Waals surface area contributed by atoms with Crippen LogP contribution in [0.3, 0.4) is 0 Å². The second kappa shape index (κ2) is 9.45. The second-order valence-corrected chi connectivity index (χ2v) is 8.41.